The molecule has 4 rings (SSSR count). The van der Waals surface area contributed by atoms with E-state index in [0.29, 0.717) is 6.04 Å². The summed E-state index contributed by atoms with van der Waals surface area (Å²) in [6.45, 7) is 2.63. The molecule has 2 fully saturated rings. The van der Waals surface area contributed by atoms with E-state index in [-0.39, 0.29) is 11.9 Å². The smallest absolute Gasteiger partial charge is 0.241 e. The fourth-order valence-corrected chi connectivity index (χ4v) is 4.30. The summed E-state index contributed by atoms with van der Waals surface area (Å²) in [6, 6.07) is 16.5. The molecule has 0 aliphatic carbocycles. The Labute approximate surface area is 166 Å². The van der Waals surface area contributed by atoms with E-state index in [1.807, 2.05) is 42.5 Å². The summed E-state index contributed by atoms with van der Waals surface area (Å²) in [4.78, 5) is 15.3. The molecule has 2 aliphatic heterocycles. The van der Waals surface area contributed by atoms with E-state index in [9.17, 15) is 4.79 Å². The number of ether oxygens (including phenoxy) is 2. The van der Waals surface area contributed by atoms with Gasteiger partial charge >= 0.3 is 0 Å². The zero-order chi connectivity index (χ0) is 19.3. The Kier molecular flexibility index (Phi) is 5.93. The van der Waals surface area contributed by atoms with E-state index < -0.39 is 0 Å². The van der Waals surface area contributed by atoms with Crippen LogP contribution in [0.1, 0.15) is 25.7 Å². The first kappa shape index (κ1) is 19.0. The van der Waals surface area contributed by atoms with Gasteiger partial charge in [-0.1, -0.05) is 24.3 Å². The van der Waals surface area contributed by atoms with Gasteiger partial charge in [0.05, 0.1) is 13.2 Å². The van der Waals surface area contributed by atoms with Crippen molar-refractivity contribution in [3.63, 3.8) is 0 Å². The van der Waals surface area contributed by atoms with Crippen molar-refractivity contribution >= 4 is 11.6 Å². The minimum absolute atomic E-state index is 0.0267. The van der Waals surface area contributed by atoms with E-state index in [1.165, 1.54) is 0 Å². The van der Waals surface area contributed by atoms with Crippen molar-refractivity contribution in [2.45, 2.75) is 37.8 Å². The van der Waals surface area contributed by atoms with Crippen molar-refractivity contribution in [3.8, 4) is 16.9 Å². The van der Waals surface area contributed by atoms with E-state index in [0.717, 1.165) is 68.0 Å². The van der Waals surface area contributed by atoms with Crippen molar-refractivity contribution in [2.75, 3.05) is 32.2 Å². The molecule has 0 radical (unpaired) electrons. The van der Waals surface area contributed by atoms with Crippen LogP contribution in [-0.4, -0.2) is 49.8 Å². The molecule has 5 nitrogen and oxygen atoms in total. The lowest BCUT2D eigenvalue weighted by Gasteiger charge is -2.34. The first-order valence-corrected chi connectivity index (χ1v) is 10.1. The molecular formula is C23H28N2O3. The number of hydrogen-bond acceptors (Lipinski definition) is 4. The normalized spacial score (nSPS) is 20.8. The molecule has 1 amide bonds. The second-order valence-corrected chi connectivity index (χ2v) is 7.54. The molecule has 1 unspecified atom stereocenters. The Balaban J connectivity index is 1.41. The van der Waals surface area contributed by atoms with Crippen LogP contribution in [0.2, 0.25) is 0 Å². The zero-order valence-electron chi connectivity index (χ0n) is 16.4. The highest BCUT2D eigenvalue weighted by Gasteiger charge is 2.35. The second kappa shape index (κ2) is 8.76. The molecule has 0 bridgehead atoms. The van der Waals surface area contributed by atoms with E-state index in [4.69, 9.17) is 9.47 Å². The number of carbonyl (C=O) groups is 1. The third-order valence-electron chi connectivity index (χ3n) is 5.81. The molecule has 2 aliphatic rings. The molecule has 0 saturated carbocycles. The molecule has 2 heterocycles. The Morgan fingerprint density at radius 1 is 1.07 bits per heavy atom. The molecule has 2 aromatic rings. The maximum absolute atomic E-state index is 12.9. The fraction of sp³-hybridized carbons (Fsp3) is 0.435. The lowest BCUT2D eigenvalue weighted by atomic mass is 10.0. The number of nitrogens with zero attached hydrogens (tertiary/aromatic N) is 1. The number of methoxy groups -OCH3 is 1. The molecule has 148 valence electrons. The molecule has 2 saturated heterocycles. The van der Waals surface area contributed by atoms with Crippen LogP contribution in [0.25, 0.3) is 11.1 Å². The number of nitrogens with one attached hydrogen (secondary N) is 1. The first-order valence-electron chi connectivity index (χ1n) is 10.1. The summed E-state index contributed by atoms with van der Waals surface area (Å²) >= 11 is 0. The van der Waals surface area contributed by atoms with Gasteiger partial charge in [0, 0.05) is 24.9 Å². The lowest BCUT2D eigenvalue weighted by molar-refractivity contribution is -0.121. The fourth-order valence-electron chi connectivity index (χ4n) is 4.30. The van der Waals surface area contributed by atoms with Crippen LogP contribution in [0.3, 0.4) is 0 Å². The largest absolute Gasteiger partial charge is 0.497 e. The summed E-state index contributed by atoms with van der Waals surface area (Å²) in [5, 5.41) is 3.12. The molecule has 28 heavy (non-hydrogen) atoms. The highest BCUT2D eigenvalue weighted by molar-refractivity contribution is 5.95. The number of rotatable bonds is 5. The van der Waals surface area contributed by atoms with Gasteiger partial charge in [0.2, 0.25) is 5.91 Å². The van der Waals surface area contributed by atoms with Gasteiger partial charge in [-0.2, -0.15) is 0 Å². The molecule has 2 aromatic carbocycles. The third-order valence-corrected chi connectivity index (χ3v) is 5.81. The van der Waals surface area contributed by atoms with E-state index >= 15 is 0 Å². The Bertz CT molecular complexity index is 800. The summed E-state index contributed by atoms with van der Waals surface area (Å²) in [7, 11) is 1.67. The molecule has 1 atom stereocenters. The standard InChI is InChI=1S/C23H28N2O3/c1-27-21-5-2-4-18(16-21)17-7-9-19(10-8-17)24-23(26)22-6-3-13-25(22)20-11-14-28-15-12-20/h2,4-5,7-10,16,20,22H,3,6,11-15H2,1H3,(H,24,26). The van der Waals surface area contributed by atoms with Crippen LogP contribution < -0.4 is 10.1 Å². The van der Waals surface area contributed by atoms with Crippen LogP contribution in [0.5, 0.6) is 5.75 Å². The van der Waals surface area contributed by atoms with Crippen LogP contribution in [0, 0.1) is 0 Å². The molecule has 0 aromatic heterocycles. The highest BCUT2D eigenvalue weighted by atomic mass is 16.5. The summed E-state index contributed by atoms with van der Waals surface area (Å²) in [5.41, 5.74) is 3.04. The summed E-state index contributed by atoms with van der Waals surface area (Å²) in [6.07, 6.45) is 4.08. The number of amides is 1. The van der Waals surface area contributed by atoms with Gasteiger partial charge in [-0.15, -0.1) is 0 Å². The topological polar surface area (TPSA) is 50.8 Å². The van der Waals surface area contributed by atoms with Gasteiger partial charge in [-0.05, 0) is 67.6 Å². The maximum atomic E-state index is 12.9. The van der Waals surface area contributed by atoms with Crippen molar-refractivity contribution in [1.29, 1.82) is 0 Å². The second-order valence-electron chi connectivity index (χ2n) is 7.54. The average Bonchev–Trinajstić information content (AvgIpc) is 3.25. The predicted molar refractivity (Wildman–Crippen MR) is 111 cm³/mol. The minimum Gasteiger partial charge on any atom is -0.497 e. The monoisotopic (exact) mass is 380 g/mol. The van der Waals surface area contributed by atoms with Gasteiger partial charge in [-0.25, -0.2) is 0 Å². The van der Waals surface area contributed by atoms with E-state index in [2.05, 4.69) is 16.3 Å². The molecule has 1 N–H and O–H groups in total. The zero-order valence-corrected chi connectivity index (χ0v) is 16.4. The van der Waals surface area contributed by atoms with Gasteiger partial charge in [0.15, 0.2) is 0 Å². The number of anilines is 1. The van der Waals surface area contributed by atoms with Gasteiger partial charge in [0.25, 0.3) is 0 Å². The summed E-state index contributed by atoms with van der Waals surface area (Å²) < 4.78 is 10.8. The molecular weight excluding hydrogens is 352 g/mol. The van der Waals surface area contributed by atoms with Gasteiger partial charge in [-0.3, -0.25) is 9.69 Å². The third kappa shape index (κ3) is 4.21. The number of carbonyl (C=O) groups excluding carboxylic acids is 1. The van der Waals surface area contributed by atoms with Crippen LogP contribution in [0.4, 0.5) is 5.69 Å². The number of benzene rings is 2. The first-order chi connectivity index (χ1) is 13.7. The van der Waals surface area contributed by atoms with Crippen molar-refractivity contribution in [2.24, 2.45) is 0 Å². The molecule has 0 spiro atoms. The highest BCUT2D eigenvalue weighted by Crippen LogP contribution is 2.28. The average molecular weight is 380 g/mol. The van der Waals surface area contributed by atoms with Crippen molar-refractivity contribution in [1.82, 2.24) is 4.90 Å². The Hall–Kier alpha value is -2.37. The summed E-state index contributed by atoms with van der Waals surface area (Å²) in [5.74, 6) is 0.947. The Morgan fingerprint density at radius 3 is 2.61 bits per heavy atom. The van der Waals surface area contributed by atoms with Crippen LogP contribution >= 0.6 is 0 Å². The lowest BCUT2D eigenvalue weighted by Crippen LogP contribution is -2.47. The molecule has 5 heteroatoms. The Morgan fingerprint density at radius 2 is 1.86 bits per heavy atom. The van der Waals surface area contributed by atoms with Gasteiger partial charge < -0.3 is 14.8 Å². The van der Waals surface area contributed by atoms with Crippen LogP contribution in [0.15, 0.2) is 48.5 Å². The maximum Gasteiger partial charge on any atom is 0.241 e. The van der Waals surface area contributed by atoms with Gasteiger partial charge in [0.1, 0.15) is 5.75 Å². The van der Waals surface area contributed by atoms with Crippen LogP contribution in [-0.2, 0) is 9.53 Å². The minimum atomic E-state index is -0.0267. The van der Waals surface area contributed by atoms with E-state index in [1.54, 1.807) is 7.11 Å². The van der Waals surface area contributed by atoms with Crippen molar-refractivity contribution < 1.29 is 14.3 Å². The SMILES string of the molecule is COc1cccc(-c2ccc(NC(=O)C3CCCN3C3CCOCC3)cc2)c1. The van der Waals surface area contributed by atoms with Crippen molar-refractivity contribution in [3.05, 3.63) is 48.5 Å². The predicted octanol–water partition coefficient (Wildman–Crippen LogP) is 3.94. The number of hydrogen-bond donors (Lipinski definition) is 1. The quantitative estimate of drug-likeness (QED) is 0.854. The number of likely N-dealkylation sites (tertiary alicyclic amines) is 1.